The molecule has 0 aliphatic carbocycles. The van der Waals surface area contributed by atoms with Gasteiger partial charge in [-0.25, -0.2) is 0 Å². The minimum Gasteiger partial charge on any atom is -0.379 e. The van der Waals surface area contributed by atoms with E-state index < -0.39 is 17.8 Å². The molecule has 0 aromatic heterocycles. The molecule has 0 aliphatic rings. The molecule has 2 aromatic carbocycles. The zero-order valence-electron chi connectivity index (χ0n) is 11.3. The highest BCUT2D eigenvalue weighted by molar-refractivity contribution is 5.47. The van der Waals surface area contributed by atoms with E-state index in [1.54, 1.807) is 13.0 Å². The molecule has 0 spiro atoms. The fourth-order valence-electron chi connectivity index (χ4n) is 2.11. The van der Waals surface area contributed by atoms with Crippen LogP contribution >= 0.6 is 0 Å². The van der Waals surface area contributed by atoms with Crippen molar-refractivity contribution in [3.8, 4) is 0 Å². The summed E-state index contributed by atoms with van der Waals surface area (Å²) < 4.78 is 38.9. The first kappa shape index (κ1) is 14.4. The molecule has 0 saturated heterocycles. The number of hydrogen-bond donors (Lipinski definition) is 1. The van der Waals surface area contributed by atoms with Crippen LogP contribution in [0.2, 0.25) is 0 Å². The van der Waals surface area contributed by atoms with E-state index in [9.17, 15) is 13.2 Å². The van der Waals surface area contributed by atoms with E-state index in [1.165, 1.54) is 12.1 Å². The molecule has 106 valence electrons. The second-order valence-corrected chi connectivity index (χ2v) is 4.82. The van der Waals surface area contributed by atoms with Crippen molar-refractivity contribution in [1.29, 1.82) is 0 Å². The third-order valence-corrected chi connectivity index (χ3v) is 3.17. The van der Waals surface area contributed by atoms with E-state index in [0.717, 1.165) is 17.3 Å². The average molecular weight is 279 g/mol. The molecular weight excluding hydrogens is 263 g/mol. The maximum Gasteiger partial charge on any atom is 0.416 e. The summed E-state index contributed by atoms with van der Waals surface area (Å²) in [4.78, 5) is 0. The van der Waals surface area contributed by atoms with Crippen molar-refractivity contribution >= 4 is 5.69 Å². The lowest BCUT2D eigenvalue weighted by atomic mass is 10.0. The van der Waals surface area contributed by atoms with Gasteiger partial charge in [-0.3, -0.25) is 0 Å². The topological polar surface area (TPSA) is 12.0 Å². The molecule has 0 saturated carbocycles. The monoisotopic (exact) mass is 279 g/mol. The molecule has 0 aliphatic heterocycles. The predicted octanol–water partition coefficient (Wildman–Crippen LogP) is 5.19. The molecule has 2 aromatic rings. The van der Waals surface area contributed by atoms with Crippen LogP contribution in [0.15, 0.2) is 48.5 Å². The minimum absolute atomic E-state index is 0.251. The maximum atomic E-state index is 13.0. The van der Waals surface area contributed by atoms with E-state index in [-0.39, 0.29) is 5.56 Å². The van der Waals surface area contributed by atoms with Crippen molar-refractivity contribution in [2.45, 2.75) is 26.1 Å². The Bertz CT molecular complexity index is 573. The molecule has 4 heteroatoms. The second kappa shape index (κ2) is 5.57. The van der Waals surface area contributed by atoms with E-state index in [1.807, 2.05) is 31.2 Å². The van der Waals surface area contributed by atoms with Crippen molar-refractivity contribution in [1.82, 2.24) is 0 Å². The Balaban J connectivity index is 2.25. The summed E-state index contributed by atoms with van der Waals surface area (Å²) in [6, 6.07) is 12.8. The lowest BCUT2D eigenvalue weighted by Crippen LogP contribution is -2.15. The number of rotatable bonds is 3. The Morgan fingerprint density at radius 3 is 2.15 bits per heavy atom. The lowest BCUT2D eigenvalue weighted by molar-refractivity contribution is -0.138. The standard InChI is InChI=1S/C16H16F3N/c1-11-7-9-13(10-8-11)20-12(2)14-5-3-4-6-15(14)16(17,18)19/h3-10,12,20H,1-2H3. The van der Waals surface area contributed by atoms with Gasteiger partial charge >= 0.3 is 6.18 Å². The molecule has 1 nitrogen and oxygen atoms in total. The first-order valence-corrected chi connectivity index (χ1v) is 6.37. The highest BCUT2D eigenvalue weighted by Crippen LogP contribution is 2.35. The van der Waals surface area contributed by atoms with Gasteiger partial charge in [-0.1, -0.05) is 35.9 Å². The Hall–Kier alpha value is -1.97. The van der Waals surface area contributed by atoms with Crippen molar-refractivity contribution < 1.29 is 13.2 Å². The zero-order chi connectivity index (χ0) is 14.8. The van der Waals surface area contributed by atoms with Crippen molar-refractivity contribution in [2.24, 2.45) is 0 Å². The van der Waals surface area contributed by atoms with Gasteiger partial charge in [0.1, 0.15) is 0 Å². The molecule has 1 unspecified atom stereocenters. The van der Waals surface area contributed by atoms with Crippen LogP contribution in [0.3, 0.4) is 0 Å². The van der Waals surface area contributed by atoms with E-state index in [0.29, 0.717) is 0 Å². The van der Waals surface area contributed by atoms with E-state index in [2.05, 4.69) is 5.32 Å². The van der Waals surface area contributed by atoms with Crippen LogP contribution in [-0.2, 0) is 6.18 Å². The molecule has 0 bridgehead atoms. The largest absolute Gasteiger partial charge is 0.416 e. The number of hydrogen-bond acceptors (Lipinski definition) is 1. The highest BCUT2D eigenvalue weighted by Gasteiger charge is 2.34. The molecule has 0 amide bonds. The summed E-state index contributed by atoms with van der Waals surface area (Å²) in [6.07, 6.45) is -4.33. The van der Waals surface area contributed by atoms with Gasteiger partial charge in [0, 0.05) is 11.7 Å². The number of anilines is 1. The van der Waals surface area contributed by atoms with Gasteiger partial charge in [0.05, 0.1) is 5.56 Å². The van der Waals surface area contributed by atoms with Gasteiger partial charge in [0.2, 0.25) is 0 Å². The maximum absolute atomic E-state index is 13.0. The molecule has 1 atom stereocenters. The second-order valence-electron chi connectivity index (χ2n) is 4.82. The predicted molar refractivity (Wildman–Crippen MR) is 74.7 cm³/mol. The van der Waals surface area contributed by atoms with Crippen LogP contribution in [0, 0.1) is 6.92 Å². The van der Waals surface area contributed by atoms with Gasteiger partial charge in [0.25, 0.3) is 0 Å². The van der Waals surface area contributed by atoms with Gasteiger partial charge in [0.15, 0.2) is 0 Å². The number of alkyl halides is 3. The SMILES string of the molecule is Cc1ccc(NC(C)c2ccccc2C(F)(F)F)cc1. The molecular formula is C16H16F3N. The normalized spacial score (nSPS) is 13.1. The van der Waals surface area contributed by atoms with Gasteiger partial charge in [-0.2, -0.15) is 13.2 Å². The molecule has 20 heavy (non-hydrogen) atoms. The minimum atomic E-state index is -4.33. The van der Waals surface area contributed by atoms with Crippen molar-refractivity contribution in [3.05, 3.63) is 65.2 Å². The third-order valence-electron chi connectivity index (χ3n) is 3.17. The zero-order valence-corrected chi connectivity index (χ0v) is 11.3. The van der Waals surface area contributed by atoms with Gasteiger partial charge < -0.3 is 5.32 Å². The lowest BCUT2D eigenvalue weighted by Gasteiger charge is -2.20. The fourth-order valence-corrected chi connectivity index (χ4v) is 2.11. The Morgan fingerprint density at radius 1 is 0.950 bits per heavy atom. The smallest absolute Gasteiger partial charge is 0.379 e. The van der Waals surface area contributed by atoms with Gasteiger partial charge in [-0.15, -0.1) is 0 Å². The van der Waals surface area contributed by atoms with Crippen LogP contribution in [0.1, 0.15) is 29.7 Å². The van der Waals surface area contributed by atoms with Crippen LogP contribution in [0.25, 0.3) is 0 Å². The molecule has 0 fully saturated rings. The van der Waals surface area contributed by atoms with Crippen LogP contribution in [0.5, 0.6) is 0 Å². The number of halogens is 3. The summed E-state index contributed by atoms with van der Waals surface area (Å²) in [6.45, 7) is 3.69. The Labute approximate surface area is 116 Å². The molecule has 0 heterocycles. The summed E-state index contributed by atoms with van der Waals surface area (Å²) in [5, 5.41) is 3.10. The van der Waals surface area contributed by atoms with Crippen LogP contribution in [0.4, 0.5) is 18.9 Å². The molecule has 0 radical (unpaired) electrons. The summed E-state index contributed by atoms with van der Waals surface area (Å²) >= 11 is 0. The van der Waals surface area contributed by atoms with E-state index in [4.69, 9.17) is 0 Å². The third kappa shape index (κ3) is 3.32. The Kier molecular flexibility index (Phi) is 4.02. The number of nitrogens with one attached hydrogen (secondary N) is 1. The highest BCUT2D eigenvalue weighted by atomic mass is 19.4. The Morgan fingerprint density at radius 2 is 1.55 bits per heavy atom. The van der Waals surface area contributed by atoms with Crippen LogP contribution < -0.4 is 5.32 Å². The van der Waals surface area contributed by atoms with E-state index >= 15 is 0 Å². The number of aryl methyl sites for hydroxylation is 1. The van der Waals surface area contributed by atoms with Crippen molar-refractivity contribution in [3.63, 3.8) is 0 Å². The molecule has 2 rings (SSSR count). The first-order valence-electron chi connectivity index (χ1n) is 6.37. The summed E-state index contributed by atoms with van der Waals surface area (Å²) in [5.41, 5.74) is 1.58. The average Bonchev–Trinajstić information content (AvgIpc) is 2.40. The summed E-state index contributed by atoms with van der Waals surface area (Å²) in [7, 11) is 0. The van der Waals surface area contributed by atoms with Crippen molar-refractivity contribution in [2.75, 3.05) is 5.32 Å². The molecule has 1 N–H and O–H groups in total. The quantitative estimate of drug-likeness (QED) is 0.815. The number of benzene rings is 2. The summed E-state index contributed by atoms with van der Waals surface area (Å²) in [5.74, 6) is 0. The first-order chi connectivity index (χ1) is 9.38. The fraction of sp³-hybridized carbons (Fsp3) is 0.250. The van der Waals surface area contributed by atoms with Gasteiger partial charge in [-0.05, 0) is 37.6 Å². The van der Waals surface area contributed by atoms with Crippen LogP contribution in [-0.4, -0.2) is 0 Å².